The number of nitrogens with two attached hydrogens (primary N) is 1. The van der Waals surface area contributed by atoms with E-state index >= 15 is 0 Å². The van der Waals surface area contributed by atoms with Crippen LogP contribution in [-0.2, 0) is 0 Å². The van der Waals surface area contributed by atoms with Crippen molar-refractivity contribution in [2.45, 2.75) is 6.23 Å². The Bertz CT molecular complexity index is 736. The third-order valence-electron chi connectivity index (χ3n) is 3.18. The minimum absolute atomic E-state index is 0.272. The number of halogens is 2. The Kier molecular flexibility index (Phi) is 3.41. The van der Waals surface area contributed by atoms with E-state index in [2.05, 4.69) is 0 Å². The second kappa shape index (κ2) is 5.11. The maximum Gasteiger partial charge on any atom is 0.248 e. The number of benzene rings is 2. The predicted octanol–water partition coefficient (Wildman–Crippen LogP) is 3.38. The summed E-state index contributed by atoms with van der Waals surface area (Å²) in [6.45, 7) is 0. The highest BCUT2D eigenvalue weighted by atomic mass is 35.5. The second-order valence-electron chi connectivity index (χ2n) is 4.53. The first-order valence-corrected chi connectivity index (χ1v) is 6.76. The Hall–Kier alpha value is -1.95. The van der Waals surface area contributed by atoms with Gasteiger partial charge >= 0.3 is 0 Å². The average Bonchev–Trinajstić information content (AvgIpc) is 2.78. The van der Waals surface area contributed by atoms with E-state index in [0.717, 1.165) is 5.06 Å². The van der Waals surface area contributed by atoms with Crippen molar-refractivity contribution in [3.8, 4) is 5.75 Å². The van der Waals surface area contributed by atoms with Gasteiger partial charge in [0.15, 0.2) is 0 Å². The van der Waals surface area contributed by atoms with Crippen LogP contribution in [0.2, 0.25) is 10.0 Å². The number of primary amides is 1. The van der Waals surface area contributed by atoms with E-state index in [1.54, 1.807) is 24.3 Å². The van der Waals surface area contributed by atoms with Crippen LogP contribution in [0, 0.1) is 0 Å². The van der Waals surface area contributed by atoms with Crippen LogP contribution in [0.4, 0.5) is 5.69 Å². The number of nitrogens with zero attached hydrogens (tertiary/aromatic N) is 1. The van der Waals surface area contributed by atoms with Gasteiger partial charge < -0.3 is 10.5 Å². The first kappa shape index (κ1) is 14.0. The molecule has 21 heavy (non-hydrogen) atoms. The molecule has 1 aliphatic heterocycles. The van der Waals surface area contributed by atoms with Gasteiger partial charge in [-0.1, -0.05) is 23.2 Å². The molecule has 0 spiro atoms. The molecule has 0 aliphatic carbocycles. The van der Waals surface area contributed by atoms with Crippen molar-refractivity contribution in [1.82, 2.24) is 0 Å². The van der Waals surface area contributed by atoms with Crippen LogP contribution in [0.3, 0.4) is 0 Å². The zero-order chi connectivity index (χ0) is 15.1. The lowest BCUT2D eigenvalue weighted by molar-refractivity contribution is 0.100. The molecule has 0 fully saturated rings. The molecule has 0 saturated carbocycles. The Morgan fingerprint density at radius 2 is 2.00 bits per heavy atom. The van der Waals surface area contributed by atoms with Crippen molar-refractivity contribution in [2.24, 2.45) is 5.73 Å². The summed E-state index contributed by atoms with van der Waals surface area (Å²) in [6.07, 6.45) is -0.839. The molecule has 0 bridgehead atoms. The highest BCUT2D eigenvalue weighted by Gasteiger charge is 2.33. The Morgan fingerprint density at radius 1 is 1.24 bits per heavy atom. The van der Waals surface area contributed by atoms with Gasteiger partial charge in [-0.3, -0.25) is 10.0 Å². The van der Waals surface area contributed by atoms with Crippen LogP contribution >= 0.6 is 23.2 Å². The van der Waals surface area contributed by atoms with Gasteiger partial charge in [0.05, 0.1) is 0 Å². The van der Waals surface area contributed by atoms with Gasteiger partial charge in [-0.2, -0.15) is 0 Å². The van der Waals surface area contributed by atoms with E-state index in [1.165, 1.54) is 12.1 Å². The van der Waals surface area contributed by atoms with E-state index < -0.39 is 12.1 Å². The molecule has 1 heterocycles. The monoisotopic (exact) mass is 324 g/mol. The van der Waals surface area contributed by atoms with Crippen LogP contribution in [0.1, 0.15) is 22.1 Å². The molecule has 0 aromatic heterocycles. The van der Waals surface area contributed by atoms with Crippen LogP contribution in [-0.4, -0.2) is 11.1 Å². The summed E-state index contributed by atoms with van der Waals surface area (Å²) >= 11 is 12.1. The number of ether oxygens (including phenoxy) is 1. The summed E-state index contributed by atoms with van der Waals surface area (Å²) < 4.78 is 5.66. The predicted molar refractivity (Wildman–Crippen MR) is 79.1 cm³/mol. The van der Waals surface area contributed by atoms with Gasteiger partial charge in [0.2, 0.25) is 12.1 Å². The van der Waals surface area contributed by atoms with Crippen molar-refractivity contribution in [3.63, 3.8) is 0 Å². The lowest BCUT2D eigenvalue weighted by Gasteiger charge is -2.19. The van der Waals surface area contributed by atoms with E-state index in [0.29, 0.717) is 27.0 Å². The number of anilines is 1. The van der Waals surface area contributed by atoms with Crippen molar-refractivity contribution in [3.05, 3.63) is 57.6 Å². The van der Waals surface area contributed by atoms with Gasteiger partial charge in [-0.05, 0) is 36.4 Å². The molecule has 5 nitrogen and oxygen atoms in total. The number of hydrogen-bond acceptors (Lipinski definition) is 4. The maximum absolute atomic E-state index is 11.2. The van der Waals surface area contributed by atoms with Gasteiger partial charge in [0, 0.05) is 21.2 Å². The first-order valence-electron chi connectivity index (χ1n) is 6.01. The molecule has 0 radical (unpaired) electrons. The molecule has 1 unspecified atom stereocenters. The summed E-state index contributed by atoms with van der Waals surface area (Å²) in [5.41, 5.74) is 6.35. The molecule has 1 amide bonds. The van der Waals surface area contributed by atoms with Gasteiger partial charge in [-0.15, -0.1) is 0 Å². The molecular formula is C14H10Cl2N2O3. The summed E-state index contributed by atoms with van der Waals surface area (Å²) in [5, 5.41) is 12.0. The number of rotatable bonds is 2. The van der Waals surface area contributed by atoms with Gasteiger partial charge in [0.1, 0.15) is 11.4 Å². The average molecular weight is 325 g/mol. The van der Waals surface area contributed by atoms with Crippen LogP contribution in [0.25, 0.3) is 0 Å². The third kappa shape index (κ3) is 2.40. The van der Waals surface area contributed by atoms with E-state index in [-0.39, 0.29) is 5.56 Å². The number of hydrogen-bond donors (Lipinski definition) is 2. The third-order valence-corrected chi connectivity index (χ3v) is 3.75. The molecule has 3 N–H and O–H groups in total. The van der Waals surface area contributed by atoms with E-state index in [4.69, 9.17) is 33.7 Å². The zero-order valence-corrected chi connectivity index (χ0v) is 12.1. The molecule has 1 aliphatic rings. The minimum Gasteiger partial charge on any atom is -0.462 e. The number of amides is 1. The smallest absolute Gasteiger partial charge is 0.248 e. The van der Waals surface area contributed by atoms with Crippen LogP contribution in [0.5, 0.6) is 5.75 Å². The lowest BCUT2D eigenvalue weighted by Crippen LogP contribution is -2.23. The molecule has 2 aromatic rings. The molecule has 3 rings (SSSR count). The molecule has 2 aromatic carbocycles. The summed E-state index contributed by atoms with van der Waals surface area (Å²) in [7, 11) is 0. The fraction of sp³-hybridized carbons (Fsp3) is 0.0714. The number of carbonyl (C=O) groups excluding carboxylic acids is 1. The molecular weight excluding hydrogens is 315 g/mol. The fourth-order valence-corrected chi connectivity index (χ4v) is 2.54. The highest BCUT2D eigenvalue weighted by Crippen LogP contribution is 2.44. The fourth-order valence-electron chi connectivity index (χ4n) is 2.14. The number of fused-ring (bicyclic) bond motifs is 1. The van der Waals surface area contributed by atoms with Crippen molar-refractivity contribution in [2.75, 3.05) is 5.06 Å². The van der Waals surface area contributed by atoms with E-state index in [9.17, 15) is 10.0 Å². The first-order chi connectivity index (χ1) is 9.97. The quantitative estimate of drug-likeness (QED) is 0.887. The summed E-state index contributed by atoms with van der Waals surface area (Å²) in [5.74, 6) is -0.168. The summed E-state index contributed by atoms with van der Waals surface area (Å²) in [6, 6.07) is 9.42. The summed E-state index contributed by atoms with van der Waals surface area (Å²) in [4.78, 5) is 11.2. The Labute approximate surface area is 130 Å². The van der Waals surface area contributed by atoms with Gasteiger partial charge in [0.25, 0.3) is 0 Å². The highest BCUT2D eigenvalue weighted by molar-refractivity contribution is 6.33. The van der Waals surface area contributed by atoms with Gasteiger partial charge in [-0.25, -0.2) is 5.06 Å². The van der Waals surface area contributed by atoms with Crippen LogP contribution in [0.15, 0.2) is 36.4 Å². The molecule has 1 atom stereocenters. The van der Waals surface area contributed by atoms with Crippen molar-refractivity contribution in [1.29, 1.82) is 0 Å². The lowest BCUT2D eigenvalue weighted by atomic mass is 10.1. The van der Waals surface area contributed by atoms with Crippen molar-refractivity contribution >= 4 is 34.8 Å². The number of carbonyl (C=O) groups is 1. The topological polar surface area (TPSA) is 75.8 Å². The zero-order valence-electron chi connectivity index (χ0n) is 10.6. The second-order valence-corrected chi connectivity index (χ2v) is 5.37. The maximum atomic E-state index is 11.2. The molecule has 7 heteroatoms. The SMILES string of the molecule is NC(=O)c1ccc2c(c1)N(O)C(c1cc(Cl)ccc1Cl)O2. The largest absolute Gasteiger partial charge is 0.462 e. The van der Waals surface area contributed by atoms with Crippen LogP contribution < -0.4 is 15.5 Å². The van der Waals surface area contributed by atoms with Crippen molar-refractivity contribution < 1.29 is 14.7 Å². The van der Waals surface area contributed by atoms with E-state index in [1.807, 2.05) is 0 Å². The molecule has 0 saturated heterocycles. The standard InChI is InChI=1S/C14H10Cl2N2O3/c15-8-2-3-10(16)9(6-8)14-18(20)11-5-7(13(17)19)1-4-12(11)21-14/h1-6,14,20H,(H2,17,19). The Morgan fingerprint density at radius 3 is 2.71 bits per heavy atom. The number of hydroxylamine groups is 1. The normalized spacial score (nSPS) is 16.5. The Balaban J connectivity index is 2.02. The molecule has 108 valence electrons. The minimum atomic E-state index is -0.839.